The molecule has 2 N–H and O–H groups in total. The molecule has 0 radical (unpaired) electrons. The molecule has 1 fully saturated rings. The zero-order valence-electron chi connectivity index (χ0n) is 29.8. The minimum atomic E-state index is -0.734. The number of aliphatic carboxylic acids is 1. The van der Waals surface area contributed by atoms with E-state index in [2.05, 4.69) is 18.7 Å². The van der Waals surface area contributed by atoms with Gasteiger partial charge in [-0.1, -0.05) is 90.9 Å². The van der Waals surface area contributed by atoms with E-state index in [0.717, 1.165) is 116 Å². The first-order valence-corrected chi connectivity index (χ1v) is 19.3. The number of carboxylic acids is 1. The van der Waals surface area contributed by atoms with Gasteiger partial charge in [0.2, 0.25) is 0 Å². The highest BCUT2D eigenvalue weighted by molar-refractivity contribution is 5.72. The SMILES string of the molecule is CCCCCCCCC(CCCCCC)C(=O)OC1CCC(OC(=O)CCCCCN(CCCCO)CCCCCC(=O)O)CC1. The van der Waals surface area contributed by atoms with Crippen LogP contribution in [0.3, 0.4) is 0 Å². The topological polar surface area (TPSA) is 113 Å². The zero-order chi connectivity index (χ0) is 33.7. The molecular weight excluding hydrogens is 582 g/mol. The van der Waals surface area contributed by atoms with Crippen molar-refractivity contribution in [2.75, 3.05) is 26.2 Å². The van der Waals surface area contributed by atoms with Gasteiger partial charge in [0.15, 0.2) is 0 Å². The Morgan fingerprint density at radius 2 is 1.07 bits per heavy atom. The highest BCUT2D eigenvalue weighted by Gasteiger charge is 2.28. The predicted molar refractivity (Wildman–Crippen MR) is 186 cm³/mol. The fraction of sp³-hybridized carbons (Fsp3) is 0.921. The maximum absolute atomic E-state index is 13.1. The van der Waals surface area contributed by atoms with Crippen molar-refractivity contribution in [1.82, 2.24) is 4.90 Å². The van der Waals surface area contributed by atoms with Crippen molar-refractivity contribution in [3.8, 4) is 0 Å². The Bertz CT molecular complexity index is 753. The third-order valence-corrected chi connectivity index (χ3v) is 9.45. The average molecular weight is 654 g/mol. The third-order valence-electron chi connectivity index (χ3n) is 9.45. The van der Waals surface area contributed by atoms with Crippen LogP contribution >= 0.6 is 0 Å². The van der Waals surface area contributed by atoms with Crippen molar-refractivity contribution in [3.63, 3.8) is 0 Å². The number of aliphatic hydroxyl groups excluding tert-OH is 1. The third kappa shape index (κ3) is 23.6. The van der Waals surface area contributed by atoms with Gasteiger partial charge in [-0.3, -0.25) is 14.4 Å². The summed E-state index contributed by atoms with van der Waals surface area (Å²) in [6.45, 7) is 7.51. The van der Waals surface area contributed by atoms with E-state index in [1.807, 2.05) is 0 Å². The molecule has 270 valence electrons. The van der Waals surface area contributed by atoms with Gasteiger partial charge in [-0.05, 0) is 96.7 Å². The highest BCUT2D eigenvalue weighted by Crippen LogP contribution is 2.27. The molecule has 1 aliphatic rings. The second-order valence-electron chi connectivity index (χ2n) is 13.7. The van der Waals surface area contributed by atoms with Crippen molar-refractivity contribution >= 4 is 17.9 Å². The molecule has 0 spiro atoms. The Morgan fingerprint density at radius 1 is 0.609 bits per heavy atom. The first-order valence-electron chi connectivity index (χ1n) is 19.3. The number of unbranched alkanes of at least 4 members (excludes halogenated alkanes) is 13. The number of nitrogens with zero attached hydrogens (tertiary/aromatic N) is 1. The normalized spacial score (nSPS) is 17.2. The lowest BCUT2D eigenvalue weighted by molar-refractivity contribution is -0.161. The molecule has 0 saturated heterocycles. The Labute approximate surface area is 281 Å². The van der Waals surface area contributed by atoms with E-state index in [1.54, 1.807) is 0 Å². The Balaban J connectivity index is 2.29. The fourth-order valence-electron chi connectivity index (χ4n) is 6.49. The van der Waals surface area contributed by atoms with E-state index in [0.29, 0.717) is 12.8 Å². The molecule has 46 heavy (non-hydrogen) atoms. The van der Waals surface area contributed by atoms with Gasteiger partial charge in [0.1, 0.15) is 12.2 Å². The number of ether oxygens (including phenoxy) is 2. The Hall–Kier alpha value is -1.67. The van der Waals surface area contributed by atoms with Gasteiger partial charge in [-0.2, -0.15) is 0 Å². The lowest BCUT2D eigenvalue weighted by atomic mass is 9.93. The summed E-state index contributed by atoms with van der Waals surface area (Å²) in [5.74, 6) is -0.835. The van der Waals surface area contributed by atoms with E-state index >= 15 is 0 Å². The van der Waals surface area contributed by atoms with Gasteiger partial charge in [0, 0.05) is 19.4 Å². The standard InChI is InChI=1S/C38H71NO7/c1-3-5-7-9-10-14-22-33(21-13-8-6-4-2)38(44)46-35-27-25-34(26-28-35)45-37(43)24-16-12-18-30-39(31-19-20-32-40)29-17-11-15-23-36(41)42/h33-35,40H,3-32H2,1-2H3,(H,41,42). The van der Waals surface area contributed by atoms with E-state index < -0.39 is 5.97 Å². The van der Waals surface area contributed by atoms with Crippen LogP contribution in [0.4, 0.5) is 0 Å². The number of carbonyl (C=O) groups excluding carboxylic acids is 2. The Kier molecular flexibility index (Phi) is 27.1. The number of aliphatic hydroxyl groups is 1. The summed E-state index contributed by atoms with van der Waals surface area (Å²) in [6.07, 6.45) is 24.8. The monoisotopic (exact) mass is 654 g/mol. The second-order valence-corrected chi connectivity index (χ2v) is 13.7. The van der Waals surface area contributed by atoms with Crippen molar-refractivity contribution < 1.29 is 34.1 Å². The first-order chi connectivity index (χ1) is 22.4. The molecule has 0 heterocycles. The molecule has 0 amide bonds. The van der Waals surface area contributed by atoms with Crippen LogP contribution in [0.2, 0.25) is 0 Å². The molecule has 1 rings (SSSR count). The van der Waals surface area contributed by atoms with Crippen LogP contribution in [0.1, 0.15) is 181 Å². The Morgan fingerprint density at radius 3 is 1.61 bits per heavy atom. The van der Waals surface area contributed by atoms with Crippen LogP contribution < -0.4 is 0 Å². The summed E-state index contributed by atoms with van der Waals surface area (Å²) >= 11 is 0. The highest BCUT2D eigenvalue weighted by atomic mass is 16.6. The van der Waals surface area contributed by atoms with Crippen molar-refractivity contribution in [3.05, 3.63) is 0 Å². The van der Waals surface area contributed by atoms with Crippen LogP contribution in [-0.2, 0) is 23.9 Å². The molecule has 0 aromatic heterocycles. The molecule has 8 nitrogen and oxygen atoms in total. The fourth-order valence-corrected chi connectivity index (χ4v) is 6.49. The van der Waals surface area contributed by atoms with E-state index in [9.17, 15) is 14.4 Å². The lowest BCUT2D eigenvalue weighted by Gasteiger charge is -2.29. The molecule has 8 heteroatoms. The van der Waals surface area contributed by atoms with Crippen LogP contribution in [0, 0.1) is 5.92 Å². The molecule has 1 unspecified atom stereocenters. The van der Waals surface area contributed by atoms with Gasteiger partial charge in [-0.25, -0.2) is 0 Å². The quantitative estimate of drug-likeness (QED) is 0.0563. The van der Waals surface area contributed by atoms with Crippen LogP contribution in [0.25, 0.3) is 0 Å². The number of hydrogen-bond acceptors (Lipinski definition) is 7. The maximum Gasteiger partial charge on any atom is 0.309 e. The minimum absolute atomic E-state index is 0.00403. The van der Waals surface area contributed by atoms with Crippen molar-refractivity contribution in [2.24, 2.45) is 5.92 Å². The van der Waals surface area contributed by atoms with Gasteiger partial charge in [0.25, 0.3) is 0 Å². The van der Waals surface area contributed by atoms with Crippen LogP contribution in [-0.4, -0.2) is 71.5 Å². The molecule has 0 bridgehead atoms. The van der Waals surface area contributed by atoms with Crippen LogP contribution in [0.15, 0.2) is 0 Å². The summed E-state index contributed by atoms with van der Waals surface area (Å²) in [5, 5.41) is 17.9. The van der Waals surface area contributed by atoms with E-state index in [4.69, 9.17) is 19.7 Å². The number of carbonyl (C=O) groups is 3. The zero-order valence-corrected chi connectivity index (χ0v) is 29.8. The summed E-state index contributed by atoms with van der Waals surface area (Å²) in [4.78, 5) is 38.8. The molecule has 1 aliphatic carbocycles. The minimum Gasteiger partial charge on any atom is -0.481 e. The predicted octanol–water partition coefficient (Wildman–Crippen LogP) is 9.00. The van der Waals surface area contributed by atoms with E-state index in [1.165, 1.54) is 51.4 Å². The summed E-state index contributed by atoms with van der Waals surface area (Å²) in [5.41, 5.74) is 0. The summed E-state index contributed by atoms with van der Waals surface area (Å²) in [7, 11) is 0. The molecule has 0 aromatic rings. The van der Waals surface area contributed by atoms with Gasteiger partial charge < -0.3 is 24.6 Å². The molecule has 0 aromatic carbocycles. The lowest BCUT2D eigenvalue weighted by Crippen LogP contribution is -2.31. The first kappa shape index (κ1) is 42.4. The smallest absolute Gasteiger partial charge is 0.309 e. The van der Waals surface area contributed by atoms with Crippen molar-refractivity contribution in [1.29, 1.82) is 0 Å². The molecule has 1 saturated carbocycles. The molecule has 0 aliphatic heterocycles. The van der Waals surface area contributed by atoms with Crippen LogP contribution in [0.5, 0.6) is 0 Å². The largest absolute Gasteiger partial charge is 0.481 e. The molecular formula is C38H71NO7. The van der Waals surface area contributed by atoms with Crippen molar-refractivity contribution in [2.45, 2.75) is 193 Å². The van der Waals surface area contributed by atoms with Gasteiger partial charge in [0.05, 0.1) is 5.92 Å². The average Bonchev–Trinajstić information content (AvgIpc) is 3.03. The second kappa shape index (κ2) is 29.5. The van der Waals surface area contributed by atoms with E-state index in [-0.39, 0.29) is 43.1 Å². The maximum atomic E-state index is 13.1. The summed E-state index contributed by atoms with van der Waals surface area (Å²) < 4.78 is 11.8. The number of rotatable bonds is 31. The number of esters is 2. The number of carboxylic acid groups (broad SMARTS) is 1. The number of hydrogen-bond donors (Lipinski definition) is 2. The molecule has 1 atom stereocenters. The summed E-state index contributed by atoms with van der Waals surface area (Å²) in [6, 6.07) is 0. The van der Waals surface area contributed by atoms with Gasteiger partial charge >= 0.3 is 17.9 Å². The van der Waals surface area contributed by atoms with Gasteiger partial charge in [-0.15, -0.1) is 0 Å².